The van der Waals surface area contributed by atoms with Gasteiger partial charge in [0.2, 0.25) is 11.9 Å². The van der Waals surface area contributed by atoms with E-state index in [1.807, 2.05) is 0 Å². The van der Waals surface area contributed by atoms with Crippen molar-refractivity contribution in [3.05, 3.63) is 16.9 Å². The van der Waals surface area contributed by atoms with E-state index < -0.39 is 5.41 Å². The molecule has 0 spiro atoms. The number of hydrogen-bond donors (Lipinski definition) is 2. The average Bonchev–Trinajstić information content (AvgIpc) is 2.38. The third-order valence-electron chi connectivity index (χ3n) is 3.51. The van der Waals surface area contributed by atoms with E-state index in [4.69, 9.17) is 16.3 Å². The molecule has 1 aromatic rings. The van der Waals surface area contributed by atoms with Crippen LogP contribution in [-0.2, 0) is 9.53 Å². The van der Waals surface area contributed by atoms with Crippen LogP contribution in [0.3, 0.4) is 0 Å². The maximum atomic E-state index is 12.6. The first kappa shape index (κ1) is 15.2. The lowest BCUT2D eigenvalue weighted by molar-refractivity contribution is -0.130. The molecule has 1 aliphatic heterocycles. The van der Waals surface area contributed by atoms with Gasteiger partial charge >= 0.3 is 0 Å². The summed E-state index contributed by atoms with van der Waals surface area (Å²) in [6.45, 7) is 3.79. The minimum atomic E-state index is -0.528. The summed E-state index contributed by atoms with van der Waals surface area (Å²) in [7, 11) is 1.61. The van der Waals surface area contributed by atoms with E-state index >= 15 is 0 Å². The van der Waals surface area contributed by atoms with Gasteiger partial charge in [-0.1, -0.05) is 11.6 Å². The summed E-state index contributed by atoms with van der Waals surface area (Å²) < 4.78 is 5.24. The molecule has 20 heavy (non-hydrogen) atoms. The number of piperidine rings is 1. The molecule has 7 heteroatoms. The number of aromatic nitrogens is 2. The molecule has 0 bridgehead atoms. The summed E-state index contributed by atoms with van der Waals surface area (Å²) in [6.07, 6.45) is 1.46. The van der Waals surface area contributed by atoms with Crippen molar-refractivity contribution in [1.29, 1.82) is 0 Å². The van der Waals surface area contributed by atoms with E-state index in [0.717, 1.165) is 25.9 Å². The highest BCUT2D eigenvalue weighted by molar-refractivity contribution is 6.29. The Morgan fingerprint density at radius 3 is 2.80 bits per heavy atom. The second kappa shape index (κ2) is 6.47. The van der Waals surface area contributed by atoms with Crippen LogP contribution in [0, 0.1) is 12.3 Å². The molecule has 2 rings (SSSR count). The smallest absolute Gasteiger partial charge is 0.235 e. The van der Waals surface area contributed by atoms with Gasteiger partial charge in [-0.25, -0.2) is 9.97 Å². The van der Waals surface area contributed by atoms with Gasteiger partial charge in [0.15, 0.2) is 0 Å². The lowest BCUT2D eigenvalue weighted by Crippen LogP contribution is -2.47. The van der Waals surface area contributed by atoms with Crippen molar-refractivity contribution < 1.29 is 9.53 Å². The van der Waals surface area contributed by atoms with Crippen LogP contribution in [0.1, 0.15) is 18.5 Å². The van der Waals surface area contributed by atoms with Crippen molar-refractivity contribution >= 4 is 23.5 Å². The number of anilines is 1. The molecule has 1 aliphatic rings. The quantitative estimate of drug-likeness (QED) is 0.822. The molecule has 0 atom stereocenters. The van der Waals surface area contributed by atoms with E-state index in [9.17, 15) is 4.79 Å². The lowest BCUT2D eigenvalue weighted by atomic mass is 9.79. The van der Waals surface area contributed by atoms with E-state index in [0.29, 0.717) is 17.5 Å². The van der Waals surface area contributed by atoms with Crippen LogP contribution in [0.4, 0.5) is 5.95 Å². The Morgan fingerprint density at radius 1 is 1.50 bits per heavy atom. The summed E-state index contributed by atoms with van der Waals surface area (Å²) in [4.78, 5) is 20.8. The Hall–Kier alpha value is -1.24. The highest BCUT2D eigenvalue weighted by atomic mass is 35.5. The summed E-state index contributed by atoms with van der Waals surface area (Å²) >= 11 is 5.88. The molecule has 1 saturated heterocycles. The van der Waals surface area contributed by atoms with Gasteiger partial charge in [-0.2, -0.15) is 0 Å². The molecule has 0 radical (unpaired) electrons. The average molecular weight is 299 g/mol. The molecule has 1 aromatic heterocycles. The fourth-order valence-corrected chi connectivity index (χ4v) is 2.68. The number of nitrogens with one attached hydrogen (secondary N) is 2. The molecule has 2 N–H and O–H groups in total. The molecule has 1 fully saturated rings. The second-order valence-electron chi connectivity index (χ2n) is 5.07. The summed E-state index contributed by atoms with van der Waals surface area (Å²) in [5.41, 5.74) is 0.186. The van der Waals surface area contributed by atoms with Gasteiger partial charge in [-0.15, -0.1) is 0 Å². The van der Waals surface area contributed by atoms with Crippen LogP contribution < -0.4 is 10.6 Å². The van der Waals surface area contributed by atoms with Crippen LogP contribution >= 0.6 is 11.6 Å². The lowest BCUT2D eigenvalue weighted by Gasteiger charge is -2.35. The highest BCUT2D eigenvalue weighted by Crippen LogP contribution is 2.30. The molecule has 6 nitrogen and oxygen atoms in total. The summed E-state index contributed by atoms with van der Waals surface area (Å²) in [5, 5.41) is 6.33. The van der Waals surface area contributed by atoms with Gasteiger partial charge in [0, 0.05) is 12.8 Å². The molecule has 0 unspecified atom stereocenters. The fourth-order valence-electron chi connectivity index (χ4n) is 2.44. The Kier molecular flexibility index (Phi) is 4.91. The van der Waals surface area contributed by atoms with Crippen molar-refractivity contribution in [3.8, 4) is 0 Å². The molecular formula is C13H19ClN4O2. The highest BCUT2D eigenvalue weighted by Gasteiger charge is 2.40. The number of methoxy groups -OCH3 is 1. The number of aryl methyl sites for hydroxylation is 1. The van der Waals surface area contributed by atoms with Gasteiger partial charge in [-0.05, 0) is 38.9 Å². The topological polar surface area (TPSA) is 76.1 Å². The van der Waals surface area contributed by atoms with E-state index in [1.165, 1.54) is 0 Å². The Bertz CT molecular complexity index is 463. The zero-order chi connectivity index (χ0) is 14.6. The third-order valence-corrected chi connectivity index (χ3v) is 3.70. The standard InChI is InChI=1S/C13H19ClN4O2/c1-9-7-10(14)17-12(16-9)18-11(19)13(8-20-2)3-5-15-6-4-13/h7,15H,3-6,8H2,1-2H3,(H,16,17,18,19). The van der Waals surface area contributed by atoms with Crippen LogP contribution in [0.15, 0.2) is 6.07 Å². The number of ether oxygens (including phenoxy) is 1. The van der Waals surface area contributed by atoms with Crippen LogP contribution in [0.2, 0.25) is 5.15 Å². The molecular weight excluding hydrogens is 280 g/mol. The van der Waals surface area contributed by atoms with E-state index in [2.05, 4.69) is 20.6 Å². The fraction of sp³-hybridized carbons (Fsp3) is 0.615. The maximum absolute atomic E-state index is 12.6. The van der Waals surface area contributed by atoms with Crippen molar-refractivity contribution in [1.82, 2.24) is 15.3 Å². The molecule has 2 heterocycles. The minimum Gasteiger partial charge on any atom is -0.384 e. The Labute approximate surface area is 123 Å². The number of hydrogen-bond acceptors (Lipinski definition) is 5. The zero-order valence-corrected chi connectivity index (χ0v) is 12.5. The monoisotopic (exact) mass is 298 g/mol. The SMILES string of the molecule is COCC1(C(=O)Nc2nc(C)cc(Cl)n2)CCNCC1. The number of halogens is 1. The van der Waals surface area contributed by atoms with Crippen molar-refractivity contribution in [2.45, 2.75) is 19.8 Å². The first-order chi connectivity index (χ1) is 9.55. The van der Waals surface area contributed by atoms with Crippen molar-refractivity contribution in [3.63, 3.8) is 0 Å². The number of rotatable bonds is 4. The largest absolute Gasteiger partial charge is 0.384 e. The second-order valence-corrected chi connectivity index (χ2v) is 5.46. The zero-order valence-electron chi connectivity index (χ0n) is 11.7. The molecule has 0 aliphatic carbocycles. The first-order valence-corrected chi connectivity index (χ1v) is 6.96. The third kappa shape index (κ3) is 3.45. The van der Waals surface area contributed by atoms with Crippen LogP contribution in [0.25, 0.3) is 0 Å². The molecule has 0 aromatic carbocycles. The summed E-state index contributed by atoms with van der Waals surface area (Å²) in [6, 6.07) is 1.65. The van der Waals surface area contributed by atoms with E-state index in [1.54, 1.807) is 20.1 Å². The number of carbonyl (C=O) groups is 1. The molecule has 1 amide bonds. The van der Waals surface area contributed by atoms with Gasteiger partial charge < -0.3 is 10.1 Å². The van der Waals surface area contributed by atoms with Crippen molar-refractivity contribution in [2.75, 3.05) is 32.1 Å². The summed E-state index contributed by atoms with van der Waals surface area (Å²) in [5.74, 6) is 0.136. The van der Waals surface area contributed by atoms with Crippen molar-refractivity contribution in [2.24, 2.45) is 5.41 Å². The first-order valence-electron chi connectivity index (χ1n) is 6.58. The molecule has 110 valence electrons. The number of amides is 1. The van der Waals surface area contributed by atoms with Crippen LogP contribution in [0.5, 0.6) is 0 Å². The maximum Gasteiger partial charge on any atom is 0.235 e. The predicted octanol–water partition coefficient (Wildman–Crippen LogP) is 1.39. The van der Waals surface area contributed by atoms with Gasteiger partial charge in [0.1, 0.15) is 5.15 Å². The minimum absolute atomic E-state index is 0.109. The van der Waals surface area contributed by atoms with Crippen LogP contribution in [-0.4, -0.2) is 42.7 Å². The predicted molar refractivity (Wildman–Crippen MR) is 76.8 cm³/mol. The number of nitrogens with zero attached hydrogens (tertiary/aromatic N) is 2. The van der Waals surface area contributed by atoms with Gasteiger partial charge in [-0.3, -0.25) is 10.1 Å². The van der Waals surface area contributed by atoms with E-state index in [-0.39, 0.29) is 11.9 Å². The van der Waals surface area contributed by atoms with Gasteiger partial charge in [0.05, 0.1) is 12.0 Å². The Morgan fingerprint density at radius 2 is 2.20 bits per heavy atom. The molecule has 0 saturated carbocycles. The van der Waals surface area contributed by atoms with Gasteiger partial charge in [0.25, 0.3) is 0 Å². The normalized spacial score (nSPS) is 17.8. The Balaban J connectivity index is 2.15. The number of carbonyl (C=O) groups excluding carboxylic acids is 1.